The predicted octanol–water partition coefficient (Wildman–Crippen LogP) is -0.0660. The maximum absolute atomic E-state index is 11.4. The topological polar surface area (TPSA) is 81.6 Å². The van der Waals surface area contributed by atoms with Gasteiger partial charge in [-0.15, -0.1) is 11.3 Å². The lowest BCUT2D eigenvalue weighted by atomic mass is 10.1. The molecule has 6 heteroatoms. The van der Waals surface area contributed by atoms with Gasteiger partial charge < -0.3 is 16.2 Å². The number of morpholine rings is 1. The molecule has 94 valence electrons. The molecule has 0 bridgehead atoms. The summed E-state index contributed by atoms with van der Waals surface area (Å²) in [5.74, 6) is -0.347. The first-order valence-electron chi connectivity index (χ1n) is 5.60. The third-order valence-corrected chi connectivity index (χ3v) is 3.97. The van der Waals surface area contributed by atoms with Crippen LogP contribution in [0, 0.1) is 0 Å². The highest BCUT2D eigenvalue weighted by Crippen LogP contribution is 2.27. The largest absolute Gasteiger partial charge is 0.378 e. The number of nitrogens with zero attached hydrogens (tertiary/aromatic N) is 1. The quantitative estimate of drug-likeness (QED) is 0.789. The van der Waals surface area contributed by atoms with Crippen molar-refractivity contribution in [1.29, 1.82) is 0 Å². The van der Waals surface area contributed by atoms with Crippen molar-refractivity contribution in [3.8, 4) is 0 Å². The lowest BCUT2D eigenvalue weighted by molar-refractivity contribution is -0.131. The van der Waals surface area contributed by atoms with Crippen LogP contribution in [0.25, 0.3) is 0 Å². The molecule has 1 amide bonds. The number of rotatable bonds is 4. The molecule has 1 fully saturated rings. The van der Waals surface area contributed by atoms with Gasteiger partial charge in [0.25, 0.3) is 0 Å². The fourth-order valence-corrected chi connectivity index (χ4v) is 2.99. The zero-order chi connectivity index (χ0) is 12.3. The van der Waals surface area contributed by atoms with Gasteiger partial charge in [-0.05, 0) is 11.4 Å². The van der Waals surface area contributed by atoms with E-state index in [2.05, 4.69) is 4.90 Å². The van der Waals surface area contributed by atoms with E-state index in [0.717, 1.165) is 0 Å². The van der Waals surface area contributed by atoms with Crippen molar-refractivity contribution in [2.24, 2.45) is 11.5 Å². The average Bonchev–Trinajstić information content (AvgIpc) is 2.84. The number of nitrogens with two attached hydrogens (primary N) is 2. The molecule has 1 aliphatic heterocycles. The zero-order valence-electron chi connectivity index (χ0n) is 9.54. The first kappa shape index (κ1) is 12.5. The summed E-state index contributed by atoms with van der Waals surface area (Å²) < 4.78 is 5.31. The van der Waals surface area contributed by atoms with Crippen LogP contribution in [0.15, 0.2) is 17.5 Å². The molecule has 17 heavy (non-hydrogen) atoms. The number of amides is 1. The molecule has 1 aliphatic rings. The molecule has 5 nitrogen and oxygen atoms in total. The molecule has 0 aromatic carbocycles. The van der Waals surface area contributed by atoms with Gasteiger partial charge in [0.2, 0.25) is 5.91 Å². The molecular formula is C11H17N3O2S. The summed E-state index contributed by atoms with van der Waals surface area (Å²) in [6.07, 6.45) is 0. The molecule has 0 radical (unpaired) electrons. The van der Waals surface area contributed by atoms with Crippen molar-refractivity contribution < 1.29 is 9.53 Å². The van der Waals surface area contributed by atoms with Crippen LogP contribution >= 0.6 is 11.3 Å². The van der Waals surface area contributed by atoms with Crippen molar-refractivity contribution in [2.75, 3.05) is 26.3 Å². The molecule has 0 saturated carbocycles. The second kappa shape index (κ2) is 5.59. The summed E-state index contributed by atoms with van der Waals surface area (Å²) >= 11 is 1.65. The van der Waals surface area contributed by atoms with Crippen LogP contribution in [0.1, 0.15) is 10.9 Å². The SMILES string of the molecule is NCC(c1cccs1)N1CCOCC1C(N)=O. The Labute approximate surface area is 104 Å². The summed E-state index contributed by atoms with van der Waals surface area (Å²) in [5, 5.41) is 2.01. The lowest BCUT2D eigenvalue weighted by Gasteiger charge is -2.38. The van der Waals surface area contributed by atoms with E-state index in [1.165, 1.54) is 4.88 Å². The van der Waals surface area contributed by atoms with Crippen LogP contribution in [-0.4, -0.2) is 43.2 Å². The van der Waals surface area contributed by atoms with Gasteiger partial charge in [0.1, 0.15) is 6.04 Å². The van der Waals surface area contributed by atoms with Gasteiger partial charge in [-0.25, -0.2) is 0 Å². The predicted molar refractivity (Wildman–Crippen MR) is 66.6 cm³/mol. The fourth-order valence-electron chi connectivity index (χ4n) is 2.13. The molecule has 0 spiro atoms. The van der Waals surface area contributed by atoms with Gasteiger partial charge in [-0.1, -0.05) is 6.07 Å². The van der Waals surface area contributed by atoms with Gasteiger partial charge >= 0.3 is 0 Å². The van der Waals surface area contributed by atoms with E-state index in [1.54, 1.807) is 11.3 Å². The Bertz CT molecular complexity index is 369. The molecule has 2 unspecified atom stereocenters. The molecule has 0 aliphatic carbocycles. The van der Waals surface area contributed by atoms with E-state index >= 15 is 0 Å². The van der Waals surface area contributed by atoms with Crippen molar-refractivity contribution in [2.45, 2.75) is 12.1 Å². The van der Waals surface area contributed by atoms with E-state index in [9.17, 15) is 4.79 Å². The average molecular weight is 255 g/mol. The molecule has 4 N–H and O–H groups in total. The number of ether oxygens (including phenoxy) is 1. The summed E-state index contributed by atoms with van der Waals surface area (Å²) in [6, 6.07) is 3.70. The van der Waals surface area contributed by atoms with Crippen LogP contribution in [-0.2, 0) is 9.53 Å². The Balaban J connectivity index is 2.19. The number of carbonyl (C=O) groups excluding carboxylic acids is 1. The van der Waals surface area contributed by atoms with Crippen molar-refractivity contribution >= 4 is 17.2 Å². The number of primary amides is 1. The summed E-state index contributed by atoms with van der Waals surface area (Å²) in [5.41, 5.74) is 11.2. The molecule has 2 atom stereocenters. The zero-order valence-corrected chi connectivity index (χ0v) is 10.4. The monoisotopic (exact) mass is 255 g/mol. The molecule has 2 rings (SSSR count). The highest BCUT2D eigenvalue weighted by Gasteiger charge is 2.33. The second-order valence-corrected chi connectivity index (χ2v) is 4.98. The van der Waals surface area contributed by atoms with E-state index in [4.69, 9.17) is 16.2 Å². The minimum Gasteiger partial charge on any atom is -0.378 e. The standard InChI is InChI=1S/C11H17N3O2S/c12-6-8(10-2-1-5-17-10)14-3-4-16-7-9(14)11(13)15/h1-2,5,8-9H,3-4,6-7,12H2,(H2,13,15). The third-order valence-electron chi connectivity index (χ3n) is 2.99. The Morgan fingerprint density at radius 3 is 3.12 bits per heavy atom. The van der Waals surface area contributed by atoms with Crippen molar-refractivity contribution in [3.05, 3.63) is 22.4 Å². The van der Waals surface area contributed by atoms with Gasteiger partial charge in [-0.2, -0.15) is 0 Å². The van der Waals surface area contributed by atoms with Gasteiger partial charge in [-0.3, -0.25) is 9.69 Å². The van der Waals surface area contributed by atoms with E-state index in [1.807, 2.05) is 17.5 Å². The molecular weight excluding hydrogens is 238 g/mol. The van der Waals surface area contributed by atoms with Gasteiger partial charge in [0.05, 0.1) is 19.3 Å². The minimum absolute atomic E-state index is 0.0522. The molecule has 2 heterocycles. The number of thiophene rings is 1. The fraction of sp³-hybridized carbons (Fsp3) is 0.545. The van der Waals surface area contributed by atoms with Gasteiger partial charge in [0.15, 0.2) is 0 Å². The summed E-state index contributed by atoms with van der Waals surface area (Å²) in [6.45, 7) is 2.14. The third kappa shape index (κ3) is 2.66. The lowest BCUT2D eigenvalue weighted by Crippen LogP contribution is -2.54. The minimum atomic E-state index is -0.376. The van der Waals surface area contributed by atoms with Crippen LogP contribution in [0.4, 0.5) is 0 Å². The van der Waals surface area contributed by atoms with E-state index < -0.39 is 0 Å². The summed E-state index contributed by atoms with van der Waals surface area (Å²) in [4.78, 5) is 14.6. The number of hydrogen-bond acceptors (Lipinski definition) is 5. The maximum Gasteiger partial charge on any atom is 0.237 e. The number of carbonyl (C=O) groups is 1. The normalized spacial score (nSPS) is 23.5. The molecule has 1 aromatic heterocycles. The van der Waals surface area contributed by atoms with Crippen LogP contribution in [0.2, 0.25) is 0 Å². The van der Waals surface area contributed by atoms with Crippen LogP contribution in [0.3, 0.4) is 0 Å². The summed E-state index contributed by atoms with van der Waals surface area (Å²) in [7, 11) is 0. The first-order chi connectivity index (χ1) is 8.24. The van der Waals surface area contributed by atoms with Crippen molar-refractivity contribution in [1.82, 2.24) is 4.90 Å². The van der Waals surface area contributed by atoms with Crippen LogP contribution < -0.4 is 11.5 Å². The maximum atomic E-state index is 11.4. The Kier molecular flexibility index (Phi) is 4.11. The van der Waals surface area contributed by atoms with Crippen molar-refractivity contribution in [3.63, 3.8) is 0 Å². The highest BCUT2D eigenvalue weighted by atomic mass is 32.1. The highest BCUT2D eigenvalue weighted by molar-refractivity contribution is 7.10. The number of hydrogen-bond donors (Lipinski definition) is 2. The smallest absolute Gasteiger partial charge is 0.237 e. The van der Waals surface area contributed by atoms with Crippen LogP contribution in [0.5, 0.6) is 0 Å². The Hall–Kier alpha value is -0.950. The molecule has 1 saturated heterocycles. The Morgan fingerprint density at radius 2 is 2.53 bits per heavy atom. The molecule has 1 aromatic rings. The van der Waals surface area contributed by atoms with Gasteiger partial charge in [0, 0.05) is 18.0 Å². The first-order valence-corrected chi connectivity index (χ1v) is 6.48. The Morgan fingerprint density at radius 1 is 1.71 bits per heavy atom. The van der Waals surface area contributed by atoms with E-state index in [0.29, 0.717) is 26.3 Å². The second-order valence-electron chi connectivity index (χ2n) is 4.00. The van der Waals surface area contributed by atoms with E-state index in [-0.39, 0.29) is 18.0 Å².